The fraction of sp³-hybridized carbons (Fsp3) is 0.467. The lowest BCUT2D eigenvalue weighted by molar-refractivity contribution is -0.153. The molecule has 4 aliphatic rings. The number of Topliss-reactive ketones (excluding diaryl/α,β-unsaturated/α-hetero) is 2. The van der Waals surface area contributed by atoms with Gasteiger partial charge in [-0.05, 0) is 51.4 Å². The average molecular weight is 641 g/mol. The number of hydrogen-bond donors (Lipinski definition) is 6. The molecule has 16 heteroatoms. The van der Waals surface area contributed by atoms with Crippen molar-refractivity contribution in [2.45, 2.75) is 31.4 Å². The molecule has 1 heterocycles. The number of primary amides is 1. The molecule has 7 N–H and O–H groups in total. The van der Waals surface area contributed by atoms with E-state index in [0.717, 1.165) is 0 Å². The Hall–Kier alpha value is -4.96. The fourth-order valence-electron chi connectivity index (χ4n) is 7.14. The van der Waals surface area contributed by atoms with Crippen LogP contribution in [0.4, 0.5) is 16.2 Å². The minimum absolute atomic E-state index is 0.0375. The number of rotatable bonds is 5. The van der Waals surface area contributed by atoms with Crippen molar-refractivity contribution in [3.63, 3.8) is 0 Å². The van der Waals surface area contributed by atoms with Gasteiger partial charge in [-0.3, -0.25) is 33.8 Å². The second-order valence-electron chi connectivity index (χ2n) is 12.3. The summed E-state index contributed by atoms with van der Waals surface area (Å²) in [6, 6.07) is -0.803. The number of ketones is 2. The van der Waals surface area contributed by atoms with Crippen molar-refractivity contribution in [2.75, 3.05) is 58.0 Å². The number of urea groups is 1. The Kier molecular flexibility index (Phi) is 7.85. The van der Waals surface area contributed by atoms with Gasteiger partial charge in [0.05, 0.1) is 17.3 Å². The molecule has 2 fully saturated rings. The summed E-state index contributed by atoms with van der Waals surface area (Å²) in [6.45, 7) is 2.00. The van der Waals surface area contributed by atoms with Gasteiger partial charge >= 0.3 is 17.8 Å². The van der Waals surface area contributed by atoms with Crippen LogP contribution in [0.25, 0.3) is 5.76 Å². The first kappa shape index (κ1) is 32.4. The van der Waals surface area contributed by atoms with E-state index in [1.807, 2.05) is 0 Å². The number of amides is 5. The van der Waals surface area contributed by atoms with Crippen LogP contribution in [0.3, 0.4) is 0 Å². The van der Waals surface area contributed by atoms with Crippen LogP contribution >= 0.6 is 0 Å². The number of carbonyl (C=O) groups is 6. The number of aliphatic hydroxyl groups excluding tert-OH is 2. The van der Waals surface area contributed by atoms with Crippen molar-refractivity contribution in [3.8, 4) is 5.75 Å². The summed E-state index contributed by atoms with van der Waals surface area (Å²) in [5.41, 5.74) is 1.61. The zero-order valence-electron chi connectivity index (χ0n) is 25.9. The van der Waals surface area contributed by atoms with E-state index in [1.165, 1.54) is 30.0 Å². The molecule has 0 aromatic heterocycles. The summed E-state index contributed by atoms with van der Waals surface area (Å²) in [5.74, 6) is -9.90. The standard InChI is InChI=1S/C30H36N6O10/c1-6-35-7-8-36(28(44)27(35)43)29(45)32-15-11-16(33(2)3)13-9-12-10-14-20(34(4)5)23(39)19(26(31)42)25(41)30(14,46)24(40)17(12)22(38)18(13)21(15)37/h11-12,14,20,37-38,41,46H,6-10H2,1-5H3,(H2,31,42)(H,32,45)/t12?,14?,20-,30-/m0/s1. The molecule has 1 aromatic carbocycles. The number of phenols is 1. The molecule has 1 saturated heterocycles. The van der Waals surface area contributed by atoms with Crippen molar-refractivity contribution in [3.05, 3.63) is 34.1 Å². The number of aromatic hydroxyl groups is 1. The van der Waals surface area contributed by atoms with Crippen LogP contribution < -0.4 is 16.0 Å². The number of hydrogen-bond acceptors (Lipinski definition) is 12. The Balaban J connectivity index is 1.63. The van der Waals surface area contributed by atoms with E-state index in [0.29, 0.717) is 16.2 Å². The van der Waals surface area contributed by atoms with Gasteiger partial charge in [0.1, 0.15) is 17.1 Å². The Morgan fingerprint density at radius 1 is 1.07 bits per heavy atom. The van der Waals surface area contributed by atoms with E-state index in [1.54, 1.807) is 25.9 Å². The summed E-state index contributed by atoms with van der Waals surface area (Å²) in [5, 5.41) is 48.3. The quantitative estimate of drug-likeness (QED) is 0.133. The SMILES string of the molecule is CCN1CCN(C(=O)Nc2cc(N(C)C)c3c(c2O)C(O)=C2C(=O)[C@]4(O)C(O)=C(C(N)=O)C(=O)[C@@H](N(C)C)C4CC2C3)C(=O)C1=O. The maximum atomic E-state index is 14.1. The number of anilines is 2. The summed E-state index contributed by atoms with van der Waals surface area (Å²) in [4.78, 5) is 82.8. The normalized spacial score (nSPS) is 26.3. The zero-order valence-corrected chi connectivity index (χ0v) is 25.9. The highest BCUT2D eigenvalue weighted by Gasteiger charge is 2.64. The number of piperazine rings is 1. The van der Waals surface area contributed by atoms with Gasteiger partial charge in [0, 0.05) is 50.9 Å². The summed E-state index contributed by atoms with van der Waals surface area (Å²) >= 11 is 0. The van der Waals surface area contributed by atoms with Crippen LogP contribution in [-0.2, 0) is 30.4 Å². The van der Waals surface area contributed by atoms with Crippen LogP contribution in [0.1, 0.15) is 24.5 Å². The third kappa shape index (κ3) is 4.50. The van der Waals surface area contributed by atoms with E-state index in [9.17, 15) is 49.2 Å². The number of imide groups is 1. The van der Waals surface area contributed by atoms with Gasteiger partial charge in [0.15, 0.2) is 17.1 Å². The van der Waals surface area contributed by atoms with Crippen molar-refractivity contribution in [1.29, 1.82) is 0 Å². The van der Waals surface area contributed by atoms with Crippen LogP contribution in [0, 0.1) is 11.8 Å². The number of phenolic OH excluding ortho intramolecular Hbond substituents is 1. The first-order valence-electron chi connectivity index (χ1n) is 14.6. The van der Waals surface area contributed by atoms with E-state index in [2.05, 4.69) is 5.32 Å². The highest BCUT2D eigenvalue weighted by molar-refractivity contribution is 6.38. The molecule has 1 aliphatic heterocycles. The molecule has 3 aliphatic carbocycles. The molecule has 0 radical (unpaired) electrons. The van der Waals surface area contributed by atoms with E-state index >= 15 is 0 Å². The average Bonchev–Trinajstić information content (AvgIpc) is 2.97. The van der Waals surface area contributed by atoms with E-state index in [-0.39, 0.29) is 49.3 Å². The summed E-state index contributed by atoms with van der Waals surface area (Å²) in [6.07, 6.45) is -0.0481. The van der Waals surface area contributed by atoms with Gasteiger partial charge in [0.25, 0.3) is 5.91 Å². The number of nitrogens with zero attached hydrogens (tertiary/aromatic N) is 4. The third-order valence-electron chi connectivity index (χ3n) is 9.36. The molecule has 16 nitrogen and oxygen atoms in total. The summed E-state index contributed by atoms with van der Waals surface area (Å²) in [7, 11) is 6.36. The van der Waals surface area contributed by atoms with Gasteiger partial charge < -0.3 is 41.3 Å². The van der Waals surface area contributed by atoms with Gasteiger partial charge in [-0.2, -0.15) is 0 Å². The molecule has 5 rings (SSSR count). The van der Waals surface area contributed by atoms with E-state index < -0.39 is 81.6 Å². The van der Waals surface area contributed by atoms with E-state index in [4.69, 9.17) is 5.73 Å². The number of fused-ring (bicyclic) bond motifs is 3. The molecule has 5 amide bonds. The lowest BCUT2D eigenvalue weighted by Crippen LogP contribution is -2.65. The maximum Gasteiger partial charge on any atom is 0.329 e. The van der Waals surface area contributed by atoms with Crippen molar-refractivity contribution in [2.24, 2.45) is 17.6 Å². The molecule has 2 unspecified atom stereocenters. The molecule has 46 heavy (non-hydrogen) atoms. The minimum atomic E-state index is -2.80. The monoisotopic (exact) mass is 640 g/mol. The first-order chi connectivity index (χ1) is 21.5. The lowest BCUT2D eigenvalue weighted by Gasteiger charge is -2.50. The molecule has 0 bridgehead atoms. The highest BCUT2D eigenvalue weighted by atomic mass is 16.3. The number of carbonyl (C=O) groups excluding carboxylic acids is 6. The Bertz CT molecular complexity index is 1680. The number of nitrogens with two attached hydrogens (primary N) is 1. The molecule has 1 aromatic rings. The Labute approximate surface area is 263 Å². The number of nitrogens with one attached hydrogen (secondary N) is 1. The number of aliphatic hydroxyl groups is 3. The smallest absolute Gasteiger partial charge is 0.329 e. The molecule has 0 spiro atoms. The van der Waals surface area contributed by atoms with Crippen LogP contribution in [0.15, 0.2) is 23.0 Å². The van der Waals surface area contributed by atoms with Crippen molar-refractivity contribution >= 4 is 52.5 Å². The number of likely N-dealkylation sites (N-methyl/N-ethyl adjacent to an activating group) is 2. The van der Waals surface area contributed by atoms with Gasteiger partial charge in [-0.15, -0.1) is 0 Å². The maximum absolute atomic E-state index is 14.1. The van der Waals surface area contributed by atoms with Crippen LogP contribution in [-0.4, -0.2) is 130 Å². The Morgan fingerprint density at radius 3 is 2.28 bits per heavy atom. The van der Waals surface area contributed by atoms with Gasteiger partial charge in [-0.25, -0.2) is 4.79 Å². The first-order valence-corrected chi connectivity index (χ1v) is 14.6. The Morgan fingerprint density at radius 2 is 1.72 bits per heavy atom. The molecule has 4 atom stereocenters. The van der Waals surface area contributed by atoms with Gasteiger partial charge in [-0.1, -0.05) is 0 Å². The molecule has 246 valence electrons. The predicted molar refractivity (Wildman–Crippen MR) is 162 cm³/mol. The van der Waals surface area contributed by atoms with Gasteiger partial charge in [0.2, 0.25) is 5.78 Å². The second kappa shape index (κ2) is 11.1. The van der Waals surface area contributed by atoms with Crippen molar-refractivity contribution in [1.82, 2.24) is 14.7 Å². The largest absolute Gasteiger partial charge is 0.508 e. The molecular formula is C30H36N6O10. The topological polar surface area (TPSA) is 234 Å². The summed E-state index contributed by atoms with van der Waals surface area (Å²) < 4.78 is 0. The zero-order chi connectivity index (χ0) is 34.2. The van der Waals surface area contributed by atoms with Crippen LogP contribution in [0.5, 0.6) is 5.75 Å². The highest BCUT2D eigenvalue weighted by Crippen LogP contribution is 2.54. The van der Waals surface area contributed by atoms with Crippen LogP contribution in [0.2, 0.25) is 0 Å². The fourth-order valence-corrected chi connectivity index (χ4v) is 7.14. The minimum Gasteiger partial charge on any atom is -0.508 e. The molecular weight excluding hydrogens is 604 g/mol. The van der Waals surface area contributed by atoms with Crippen molar-refractivity contribution < 1.29 is 49.2 Å². The lowest BCUT2D eigenvalue weighted by atomic mass is 9.57. The molecule has 1 saturated carbocycles. The second-order valence-corrected chi connectivity index (χ2v) is 12.3. The predicted octanol–water partition coefficient (Wildman–Crippen LogP) is -0.747. The third-order valence-corrected chi connectivity index (χ3v) is 9.36. The number of benzene rings is 1.